The number of rotatable bonds is 8. The van der Waals surface area contributed by atoms with Gasteiger partial charge in [0.15, 0.2) is 0 Å². The lowest BCUT2D eigenvalue weighted by atomic mass is 10.2. The van der Waals surface area contributed by atoms with Crippen LogP contribution in [0.1, 0.15) is 32.1 Å². The van der Waals surface area contributed by atoms with E-state index < -0.39 is 0 Å². The Balaban J connectivity index is 2.69. The summed E-state index contributed by atoms with van der Waals surface area (Å²) in [6.45, 7) is 0.827. The first-order chi connectivity index (χ1) is 5.41. The molecule has 0 bridgehead atoms. The van der Waals surface area contributed by atoms with Gasteiger partial charge in [-0.2, -0.15) is 0 Å². The maximum atomic E-state index is 5.34. The second-order valence-corrected chi connectivity index (χ2v) is 3.77. The Morgan fingerprint density at radius 1 is 1.00 bits per heavy atom. The zero-order chi connectivity index (χ0) is 8.36. The summed E-state index contributed by atoms with van der Waals surface area (Å²) in [5.41, 5.74) is 0. The van der Waals surface area contributed by atoms with Gasteiger partial charge in [-0.15, -0.1) is 0 Å². The zero-order valence-corrected chi connectivity index (χ0v) is 9.73. The highest BCUT2D eigenvalue weighted by molar-refractivity contribution is 14.1. The minimum atomic E-state index is 0.341. The van der Waals surface area contributed by atoms with Gasteiger partial charge in [-0.05, 0) is 17.3 Å². The van der Waals surface area contributed by atoms with E-state index in [9.17, 15) is 0 Å². The number of hydrogen-bond donors (Lipinski definition) is 0. The first-order valence-electron chi connectivity index (χ1n) is 4.11. The van der Waals surface area contributed by atoms with Gasteiger partial charge in [-0.3, -0.25) is 0 Å². The normalized spacial score (nSPS) is 10.4. The molecule has 0 aliphatic carbocycles. The van der Waals surface area contributed by atoms with E-state index in [2.05, 4.69) is 22.6 Å². The van der Waals surface area contributed by atoms with Crippen molar-refractivity contribution < 1.29 is 4.74 Å². The lowest BCUT2D eigenvalue weighted by Gasteiger charge is -1.99. The highest BCUT2D eigenvalue weighted by Crippen LogP contribution is 2.04. The smallest absolute Gasteiger partial charge is 0.120 e. The molecule has 68 valence electrons. The molecule has 0 radical (unpaired) electrons. The van der Waals surface area contributed by atoms with Crippen LogP contribution in [0.15, 0.2) is 0 Å². The van der Waals surface area contributed by atoms with Crippen LogP contribution in [0.25, 0.3) is 0 Å². The third-order valence-corrected chi connectivity index (χ3v) is 2.42. The van der Waals surface area contributed by atoms with Crippen LogP contribution in [0, 0.1) is 0 Å². The van der Waals surface area contributed by atoms with Crippen molar-refractivity contribution >= 4 is 34.2 Å². The molecule has 0 rings (SSSR count). The van der Waals surface area contributed by atoms with Crippen LogP contribution in [0.5, 0.6) is 0 Å². The van der Waals surface area contributed by atoms with Crippen molar-refractivity contribution in [3.63, 3.8) is 0 Å². The molecule has 0 saturated carbocycles. The van der Waals surface area contributed by atoms with Gasteiger partial charge in [0.2, 0.25) is 0 Å². The third-order valence-electron chi connectivity index (χ3n) is 1.50. The van der Waals surface area contributed by atoms with Crippen LogP contribution >= 0.6 is 34.2 Å². The summed E-state index contributed by atoms with van der Waals surface area (Å²) < 4.78 is 6.29. The Kier molecular flexibility index (Phi) is 12.0. The molecule has 0 fully saturated rings. The largest absolute Gasteiger partial charge is 0.366 e. The van der Waals surface area contributed by atoms with Crippen LogP contribution < -0.4 is 0 Å². The van der Waals surface area contributed by atoms with Crippen molar-refractivity contribution in [2.45, 2.75) is 32.1 Å². The second-order valence-electron chi connectivity index (χ2n) is 2.47. The highest BCUT2D eigenvalue weighted by Gasteiger charge is 1.89. The average Bonchev–Trinajstić information content (AvgIpc) is 2.03. The molecule has 0 aliphatic heterocycles. The summed E-state index contributed by atoms with van der Waals surface area (Å²) in [6.07, 6.45) is 6.51. The van der Waals surface area contributed by atoms with Crippen LogP contribution in [0.4, 0.5) is 0 Å². The van der Waals surface area contributed by atoms with Crippen LogP contribution in [0.3, 0.4) is 0 Å². The highest BCUT2D eigenvalue weighted by atomic mass is 127. The van der Waals surface area contributed by atoms with Crippen molar-refractivity contribution in [1.29, 1.82) is 0 Å². The van der Waals surface area contributed by atoms with E-state index in [4.69, 9.17) is 16.3 Å². The summed E-state index contributed by atoms with van der Waals surface area (Å²) in [5.74, 6) is 0. The van der Waals surface area contributed by atoms with E-state index in [1.165, 1.54) is 30.1 Å². The molecular formula is C8H16ClIO. The summed E-state index contributed by atoms with van der Waals surface area (Å²) in [7, 11) is 0. The van der Waals surface area contributed by atoms with Crippen molar-refractivity contribution in [3.8, 4) is 0 Å². The molecule has 11 heavy (non-hydrogen) atoms. The molecule has 0 heterocycles. The third kappa shape index (κ3) is 11.0. The Hall–Kier alpha value is 0.980. The zero-order valence-electron chi connectivity index (χ0n) is 6.82. The number of halogens is 2. The number of alkyl halides is 2. The van der Waals surface area contributed by atoms with Crippen molar-refractivity contribution in [3.05, 3.63) is 0 Å². The predicted molar refractivity (Wildman–Crippen MR) is 58.6 cm³/mol. The molecule has 0 aliphatic rings. The molecule has 0 aromatic rings. The molecule has 0 spiro atoms. The Labute approximate surface area is 88.0 Å². The summed E-state index contributed by atoms with van der Waals surface area (Å²) >= 11 is 7.76. The van der Waals surface area contributed by atoms with E-state index in [1.54, 1.807) is 0 Å². The monoisotopic (exact) mass is 290 g/mol. The Morgan fingerprint density at radius 3 is 2.27 bits per heavy atom. The fraction of sp³-hybridized carbons (Fsp3) is 1.00. The minimum absolute atomic E-state index is 0.341. The van der Waals surface area contributed by atoms with E-state index in [1.807, 2.05) is 0 Å². The van der Waals surface area contributed by atoms with Gasteiger partial charge in [0.05, 0.1) is 0 Å². The molecule has 3 heteroatoms. The lowest BCUT2D eigenvalue weighted by Crippen LogP contribution is -1.91. The first kappa shape index (κ1) is 12.0. The van der Waals surface area contributed by atoms with Crippen molar-refractivity contribution in [1.82, 2.24) is 0 Å². The molecule has 0 saturated heterocycles. The maximum Gasteiger partial charge on any atom is 0.120 e. The standard InChI is InChI=1S/C8H16ClIO/c9-8-11-7-5-3-1-2-4-6-10/h1-8H2. The fourth-order valence-corrected chi connectivity index (χ4v) is 1.53. The van der Waals surface area contributed by atoms with Crippen LogP contribution in [0.2, 0.25) is 0 Å². The molecule has 0 aromatic heterocycles. The number of unbranched alkanes of at least 4 members (excludes halogenated alkanes) is 4. The van der Waals surface area contributed by atoms with Gasteiger partial charge in [0.25, 0.3) is 0 Å². The van der Waals surface area contributed by atoms with Crippen molar-refractivity contribution in [2.75, 3.05) is 17.1 Å². The summed E-state index contributed by atoms with van der Waals surface area (Å²) in [4.78, 5) is 0. The first-order valence-corrected chi connectivity index (χ1v) is 6.17. The summed E-state index contributed by atoms with van der Waals surface area (Å²) in [6, 6.07) is 0.341. The number of hydrogen-bond acceptors (Lipinski definition) is 1. The van der Waals surface area contributed by atoms with Gasteiger partial charge >= 0.3 is 0 Å². The van der Waals surface area contributed by atoms with Gasteiger partial charge in [-0.1, -0.05) is 53.5 Å². The van der Waals surface area contributed by atoms with E-state index in [0.717, 1.165) is 13.0 Å². The van der Waals surface area contributed by atoms with E-state index in [0.29, 0.717) is 6.07 Å². The van der Waals surface area contributed by atoms with Gasteiger partial charge in [0.1, 0.15) is 6.07 Å². The molecular weight excluding hydrogens is 274 g/mol. The SMILES string of the molecule is ClCOCCCCCCCI. The molecule has 0 aromatic carbocycles. The number of ether oxygens (including phenoxy) is 1. The van der Waals surface area contributed by atoms with Crippen LogP contribution in [-0.2, 0) is 4.74 Å². The molecule has 0 atom stereocenters. The summed E-state index contributed by atoms with van der Waals surface area (Å²) in [5, 5.41) is 0. The second kappa shape index (κ2) is 11.0. The Bertz CT molecular complexity index is 63.1. The topological polar surface area (TPSA) is 9.23 Å². The van der Waals surface area contributed by atoms with Gasteiger partial charge < -0.3 is 4.74 Å². The van der Waals surface area contributed by atoms with Gasteiger partial charge in [-0.25, -0.2) is 0 Å². The van der Waals surface area contributed by atoms with Crippen LogP contribution in [-0.4, -0.2) is 17.1 Å². The van der Waals surface area contributed by atoms with Crippen molar-refractivity contribution in [2.24, 2.45) is 0 Å². The molecule has 0 amide bonds. The lowest BCUT2D eigenvalue weighted by molar-refractivity contribution is 0.173. The molecule has 0 N–H and O–H groups in total. The maximum absolute atomic E-state index is 5.34. The average molecular weight is 291 g/mol. The Morgan fingerprint density at radius 2 is 1.64 bits per heavy atom. The predicted octanol–water partition coefficient (Wildman–Crippen LogP) is 3.58. The minimum Gasteiger partial charge on any atom is -0.366 e. The van der Waals surface area contributed by atoms with E-state index >= 15 is 0 Å². The molecule has 0 unspecified atom stereocenters. The molecule has 1 nitrogen and oxygen atoms in total. The van der Waals surface area contributed by atoms with Gasteiger partial charge in [0, 0.05) is 6.61 Å². The fourth-order valence-electron chi connectivity index (χ4n) is 0.883. The quantitative estimate of drug-likeness (QED) is 0.377. The van der Waals surface area contributed by atoms with E-state index in [-0.39, 0.29) is 0 Å².